The Morgan fingerprint density at radius 1 is 1.23 bits per heavy atom. The summed E-state index contributed by atoms with van der Waals surface area (Å²) in [5.41, 5.74) is 3.01. The lowest BCUT2D eigenvalue weighted by Gasteiger charge is -2.04. The first-order chi connectivity index (χ1) is 5.86. The van der Waals surface area contributed by atoms with Gasteiger partial charge >= 0.3 is 0 Å². The molecule has 0 fully saturated rings. The minimum atomic E-state index is 0. The fraction of sp³-hybridized carbons (Fsp3) is 0.400. The lowest BCUT2D eigenvalue weighted by molar-refractivity contribution is 0.681. The van der Waals surface area contributed by atoms with Crippen molar-refractivity contribution < 1.29 is 0 Å². The first-order valence-electron chi connectivity index (χ1n) is 4.34. The largest absolute Gasteiger partial charge is 0.313 e. The summed E-state index contributed by atoms with van der Waals surface area (Å²) in [7, 11) is 0. The van der Waals surface area contributed by atoms with Crippen LogP contribution in [-0.4, -0.2) is 6.54 Å². The number of halogens is 2. The van der Waals surface area contributed by atoms with Gasteiger partial charge in [-0.25, -0.2) is 0 Å². The van der Waals surface area contributed by atoms with Crippen molar-refractivity contribution in [3.8, 4) is 0 Å². The van der Waals surface area contributed by atoms with Gasteiger partial charge in [-0.3, -0.25) is 0 Å². The molecule has 1 N–H and O–H groups in total. The SMILES string of the molecule is Cl.Ic1ccc2c(c1)CCCNC2. The average Bonchev–Trinajstić information content (AvgIpc) is 2.28. The molecular weight excluding hydrogens is 296 g/mol. The average molecular weight is 310 g/mol. The predicted octanol–water partition coefficient (Wildman–Crippen LogP) is 2.75. The Bertz CT molecular complexity index is 288. The summed E-state index contributed by atoms with van der Waals surface area (Å²) in [6, 6.07) is 6.74. The van der Waals surface area contributed by atoms with Crippen LogP contribution in [0.2, 0.25) is 0 Å². The highest BCUT2D eigenvalue weighted by atomic mass is 127. The molecule has 1 nitrogen and oxygen atoms in total. The van der Waals surface area contributed by atoms with Crippen LogP contribution in [0.3, 0.4) is 0 Å². The van der Waals surface area contributed by atoms with Gasteiger partial charge in [0.15, 0.2) is 0 Å². The predicted molar refractivity (Wildman–Crippen MR) is 66.4 cm³/mol. The van der Waals surface area contributed by atoms with Crippen molar-refractivity contribution in [2.45, 2.75) is 19.4 Å². The summed E-state index contributed by atoms with van der Waals surface area (Å²) in [6.45, 7) is 2.21. The molecule has 1 aromatic rings. The first kappa shape index (κ1) is 11.3. The molecule has 0 radical (unpaired) electrons. The molecule has 0 atom stereocenters. The van der Waals surface area contributed by atoms with Crippen molar-refractivity contribution >= 4 is 35.0 Å². The third kappa shape index (κ3) is 2.82. The second-order valence-electron chi connectivity index (χ2n) is 3.19. The second kappa shape index (κ2) is 5.17. The first-order valence-corrected chi connectivity index (χ1v) is 5.42. The Morgan fingerprint density at radius 3 is 2.92 bits per heavy atom. The highest BCUT2D eigenvalue weighted by molar-refractivity contribution is 14.1. The molecule has 0 aromatic heterocycles. The molecule has 1 aliphatic rings. The van der Waals surface area contributed by atoms with Crippen molar-refractivity contribution in [1.29, 1.82) is 0 Å². The Balaban J connectivity index is 0.000000845. The van der Waals surface area contributed by atoms with Crippen molar-refractivity contribution in [1.82, 2.24) is 5.32 Å². The summed E-state index contributed by atoms with van der Waals surface area (Å²) >= 11 is 2.38. The molecule has 0 bridgehead atoms. The maximum absolute atomic E-state index is 3.42. The van der Waals surface area contributed by atoms with Crippen molar-refractivity contribution in [3.63, 3.8) is 0 Å². The van der Waals surface area contributed by atoms with E-state index in [0.717, 1.165) is 13.1 Å². The van der Waals surface area contributed by atoms with E-state index in [1.165, 1.54) is 27.5 Å². The monoisotopic (exact) mass is 309 g/mol. The molecule has 1 aromatic carbocycles. The van der Waals surface area contributed by atoms with Gasteiger partial charge in [0.25, 0.3) is 0 Å². The Morgan fingerprint density at radius 2 is 2.08 bits per heavy atom. The van der Waals surface area contributed by atoms with E-state index in [1.807, 2.05) is 0 Å². The van der Waals surface area contributed by atoms with E-state index >= 15 is 0 Å². The van der Waals surface area contributed by atoms with Crippen LogP contribution in [0.1, 0.15) is 17.5 Å². The molecule has 3 heteroatoms. The number of hydrogen-bond donors (Lipinski definition) is 1. The summed E-state index contributed by atoms with van der Waals surface area (Å²) in [6.07, 6.45) is 2.51. The van der Waals surface area contributed by atoms with Gasteiger partial charge in [-0.1, -0.05) is 6.07 Å². The lowest BCUT2D eigenvalue weighted by Crippen LogP contribution is -2.11. The summed E-state index contributed by atoms with van der Waals surface area (Å²) in [5.74, 6) is 0. The summed E-state index contributed by atoms with van der Waals surface area (Å²) < 4.78 is 1.35. The number of hydrogen-bond acceptors (Lipinski definition) is 1. The zero-order chi connectivity index (χ0) is 8.39. The van der Waals surface area contributed by atoms with Gasteiger partial charge in [0.2, 0.25) is 0 Å². The molecule has 72 valence electrons. The maximum Gasteiger partial charge on any atom is 0.0208 e. The molecule has 0 unspecified atom stereocenters. The molecule has 13 heavy (non-hydrogen) atoms. The maximum atomic E-state index is 3.42. The van der Waals surface area contributed by atoms with E-state index in [2.05, 4.69) is 46.1 Å². The van der Waals surface area contributed by atoms with Crippen molar-refractivity contribution in [2.75, 3.05) is 6.54 Å². The Kier molecular flexibility index (Phi) is 4.49. The molecular formula is C10H13ClIN. The van der Waals surface area contributed by atoms with Crippen LogP contribution in [0.25, 0.3) is 0 Å². The fourth-order valence-corrected chi connectivity index (χ4v) is 2.18. The Hall–Kier alpha value is 0.200. The number of benzene rings is 1. The van der Waals surface area contributed by atoms with Gasteiger partial charge in [0.05, 0.1) is 0 Å². The van der Waals surface area contributed by atoms with Crippen molar-refractivity contribution in [2.24, 2.45) is 0 Å². The summed E-state index contributed by atoms with van der Waals surface area (Å²) in [5, 5.41) is 3.42. The van der Waals surface area contributed by atoms with Gasteiger partial charge in [0.1, 0.15) is 0 Å². The molecule has 0 aliphatic carbocycles. The van der Waals surface area contributed by atoms with Crippen LogP contribution in [0, 0.1) is 3.57 Å². The Labute approximate surface area is 98.9 Å². The topological polar surface area (TPSA) is 12.0 Å². The number of rotatable bonds is 0. The van der Waals surface area contributed by atoms with Crippen LogP contribution in [0.4, 0.5) is 0 Å². The van der Waals surface area contributed by atoms with E-state index in [1.54, 1.807) is 0 Å². The van der Waals surface area contributed by atoms with Crippen LogP contribution in [-0.2, 0) is 13.0 Å². The van der Waals surface area contributed by atoms with E-state index in [9.17, 15) is 0 Å². The smallest absolute Gasteiger partial charge is 0.0208 e. The zero-order valence-electron chi connectivity index (χ0n) is 7.35. The van der Waals surface area contributed by atoms with Crippen LogP contribution < -0.4 is 5.32 Å². The lowest BCUT2D eigenvalue weighted by atomic mass is 10.0. The highest BCUT2D eigenvalue weighted by Crippen LogP contribution is 2.17. The van der Waals surface area contributed by atoms with Gasteiger partial charge in [-0.15, -0.1) is 12.4 Å². The number of fused-ring (bicyclic) bond motifs is 1. The fourth-order valence-electron chi connectivity index (χ4n) is 1.63. The minimum absolute atomic E-state index is 0. The van der Waals surface area contributed by atoms with E-state index in [4.69, 9.17) is 0 Å². The van der Waals surface area contributed by atoms with Gasteiger partial charge in [-0.05, 0) is 65.2 Å². The molecule has 0 saturated heterocycles. The molecule has 1 heterocycles. The van der Waals surface area contributed by atoms with Crippen LogP contribution in [0.15, 0.2) is 18.2 Å². The third-order valence-corrected chi connectivity index (χ3v) is 2.95. The molecule has 0 saturated carbocycles. The van der Waals surface area contributed by atoms with Crippen molar-refractivity contribution in [3.05, 3.63) is 32.9 Å². The van der Waals surface area contributed by atoms with Gasteiger partial charge in [-0.2, -0.15) is 0 Å². The standard InChI is InChI=1S/C10H12IN.ClH/c11-10-4-3-9-7-12-5-1-2-8(9)6-10;/h3-4,6,12H,1-2,5,7H2;1H. The second-order valence-corrected chi connectivity index (χ2v) is 4.44. The third-order valence-electron chi connectivity index (χ3n) is 2.28. The van der Waals surface area contributed by atoms with Gasteiger partial charge in [0, 0.05) is 10.1 Å². The van der Waals surface area contributed by atoms with E-state index in [-0.39, 0.29) is 12.4 Å². The van der Waals surface area contributed by atoms with E-state index in [0.29, 0.717) is 0 Å². The molecule has 0 amide bonds. The number of nitrogens with one attached hydrogen (secondary N) is 1. The molecule has 0 spiro atoms. The molecule has 1 aliphatic heterocycles. The normalized spacial score (nSPS) is 15.5. The number of aryl methyl sites for hydroxylation is 1. The van der Waals surface area contributed by atoms with Crippen LogP contribution in [0.5, 0.6) is 0 Å². The zero-order valence-corrected chi connectivity index (χ0v) is 10.3. The summed E-state index contributed by atoms with van der Waals surface area (Å²) in [4.78, 5) is 0. The quantitative estimate of drug-likeness (QED) is 0.727. The van der Waals surface area contributed by atoms with E-state index < -0.39 is 0 Å². The highest BCUT2D eigenvalue weighted by Gasteiger charge is 2.06. The minimum Gasteiger partial charge on any atom is -0.313 e. The van der Waals surface area contributed by atoms with Gasteiger partial charge < -0.3 is 5.32 Å². The molecule has 2 rings (SSSR count). The van der Waals surface area contributed by atoms with Crippen LogP contribution >= 0.6 is 35.0 Å².